The van der Waals surface area contributed by atoms with Crippen LogP contribution in [0.25, 0.3) is 0 Å². The van der Waals surface area contributed by atoms with Gasteiger partial charge in [-0.05, 0) is 36.6 Å². The van der Waals surface area contributed by atoms with E-state index in [2.05, 4.69) is 5.32 Å². The van der Waals surface area contributed by atoms with Crippen molar-refractivity contribution in [3.63, 3.8) is 0 Å². The molecule has 1 aliphatic carbocycles. The molecule has 1 fully saturated rings. The third kappa shape index (κ3) is 3.20. The number of aliphatic carboxylic acids is 1. The molecule has 110 valence electrons. The van der Waals surface area contributed by atoms with Crippen LogP contribution in [0.15, 0.2) is 17.5 Å². The van der Waals surface area contributed by atoms with Crippen molar-refractivity contribution in [2.75, 3.05) is 0 Å². The van der Waals surface area contributed by atoms with Crippen molar-refractivity contribution in [2.45, 2.75) is 39.2 Å². The number of nitrogens with one attached hydrogen (secondary N) is 1. The smallest absolute Gasteiger partial charge is 0.307 e. The van der Waals surface area contributed by atoms with Gasteiger partial charge in [-0.25, -0.2) is 0 Å². The fourth-order valence-corrected chi connectivity index (χ4v) is 3.86. The van der Waals surface area contributed by atoms with Crippen molar-refractivity contribution in [2.24, 2.45) is 17.8 Å². The van der Waals surface area contributed by atoms with Crippen LogP contribution in [0.3, 0.4) is 0 Å². The molecule has 4 nitrogen and oxygen atoms in total. The van der Waals surface area contributed by atoms with Gasteiger partial charge >= 0.3 is 5.97 Å². The Bertz CT molecular complexity index is 471. The number of hydrogen-bond acceptors (Lipinski definition) is 3. The Kier molecular flexibility index (Phi) is 4.81. The Morgan fingerprint density at radius 3 is 2.70 bits per heavy atom. The molecule has 0 aromatic carbocycles. The molecule has 4 atom stereocenters. The van der Waals surface area contributed by atoms with E-state index in [1.165, 1.54) is 0 Å². The standard InChI is InChI=1S/C15H21NO3S/c1-3-12(13-5-4-6-20-13)16-14(17)10-7-9(2)8-11(10)15(18)19/h4-6,9-12H,3,7-8H2,1-2H3,(H,16,17)(H,18,19). The predicted octanol–water partition coefficient (Wildman–Crippen LogP) is 3.06. The van der Waals surface area contributed by atoms with Gasteiger partial charge in [0, 0.05) is 4.88 Å². The molecule has 1 amide bonds. The highest BCUT2D eigenvalue weighted by molar-refractivity contribution is 7.10. The van der Waals surface area contributed by atoms with Crippen molar-refractivity contribution in [1.82, 2.24) is 5.32 Å². The Labute approximate surface area is 123 Å². The van der Waals surface area contributed by atoms with Gasteiger partial charge in [0.15, 0.2) is 0 Å². The minimum absolute atomic E-state index is 0.00662. The summed E-state index contributed by atoms with van der Waals surface area (Å²) in [6, 6.07) is 3.96. The quantitative estimate of drug-likeness (QED) is 0.877. The first-order valence-electron chi connectivity index (χ1n) is 7.09. The van der Waals surface area contributed by atoms with E-state index in [1.807, 2.05) is 31.4 Å². The first-order valence-corrected chi connectivity index (χ1v) is 7.97. The number of carbonyl (C=O) groups excluding carboxylic acids is 1. The summed E-state index contributed by atoms with van der Waals surface area (Å²) in [5.41, 5.74) is 0. The average Bonchev–Trinajstić information content (AvgIpc) is 3.04. The number of rotatable bonds is 5. The maximum Gasteiger partial charge on any atom is 0.307 e. The molecule has 2 N–H and O–H groups in total. The third-order valence-corrected chi connectivity index (χ3v) is 5.05. The minimum Gasteiger partial charge on any atom is -0.481 e. The van der Waals surface area contributed by atoms with Crippen LogP contribution < -0.4 is 5.32 Å². The molecule has 1 aromatic heterocycles. The molecule has 0 bridgehead atoms. The zero-order valence-electron chi connectivity index (χ0n) is 11.8. The lowest BCUT2D eigenvalue weighted by molar-refractivity contribution is -0.146. The number of hydrogen-bond donors (Lipinski definition) is 2. The summed E-state index contributed by atoms with van der Waals surface area (Å²) in [5.74, 6) is -1.59. The lowest BCUT2D eigenvalue weighted by Gasteiger charge is -2.20. The molecule has 5 heteroatoms. The summed E-state index contributed by atoms with van der Waals surface area (Å²) in [6.45, 7) is 4.04. The lowest BCUT2D eigenvalue weighted by atomic mass is 9.95. The average molecular weight is 295 g/mol. The van der Waals surface area contributed by atoms with Gasteiger partial charge in [0.2, 0.25) is 5.91 Å². The molecule has 0 saturated heterocycles. The number of thiophene rings is 1. The van der Waals surface area contributed by atoms with E-state index in [9.17, 15) is 14.7 Å². The fourth-order valence-electron chi connectivity index (χ4n) is 3.00. The molecule has 2 rings (SSSR count). The van der Waals surface area contributed by atoms with Gasteiger partial charge in [-0.1, -0.05) is 19.9 Å². The van der Waals surface area contributed by atoms with Gasteiger partial charge in [-0.3, -0.25) is 9.59 Å². The first kappa shape index (κ1) is 15.0. The normalized spacial score (nSPS) is 27.2. The zero-order chi connectivity index (χ0) is 14.7. The molecular formula is C15H21NO3S. The van der Waals surface area contributed by atoms with Crippen LogP contribution in [-0.2, 0) is 9.59 Å². The lowest BCUT2D eigenvalue weighted by Crippen LogP contribution is -2.37. The van der Waals surface area contributed by atoms with Crippen LogP contribution in [0.2, 0.25) is 0 Å². The SMILES string of the molecule is CCC(NC(=O)C1CC(C)CC1C(=O)O)c1cccs1. The van der Waals surface area contributed by atoms with E-state index in [0.717, 1.165) is 11.3 Å². The molecule has 1 aliphatic rings. The molecule has 0 radical (unpaired) electrons. The second-order valence-corrected chi connectivity index (χ2v) is 6.59. The maximum atomic E-state index is 12.4. The van der Waals surface area contributed by atoms with Crippen molar-refractivity contribution in [1.29, 1.82) is 0 Å². The summed E-state index contributed by atoms with van der Waals surface area (Å²) in [7, 11) is 0. The highest BCUT2D eigenvalue weighted by atomic mass is 32.1. The Morgan fingerprint density at radius 1 is 1.45 bits per heavy atom. The zero-order valence-corrected chi connectivity index (χ0v) is 12.7. The molecule has 20 heavy (non-hydrogen) atoms. The van der Waals surface area contributed by atoms with Crippen LogP contribution >= 0.6 is 11.3 Å². The number of carboxylic acids is 1. The summed E-state index contributed by atoms with van der Waals surface area (Å²) < 4.78 is 0. The Morgan fingerprint density at radius 2 is 2.15 bits per heavy atom. The minimum atomic E-state index is -0.848. The monoisotopic (exact) mass is 295 g/mol. The summed E-state index contributed by atoms with van der Waals surface area (Å²) in [6.07, 6.45) is 2.08. The maximum absolute atomic E-state index is 12.4. The Balaban J connectivity index is 2.05. The van der Waals surface area contributed by atoms with Gasteiger partial charge in [-0.2, -0.15) is 0 Å². The number of carboxylic acid groups (broad SMARTS) is 1. The van der Waals surface area contributed by atoms with Crippen LogP contribution in [0.4, 0.5) is 0 Å². The second kappa shape index (κ2) is 6.39. The van der Waals surface area contributed by atoms with Crippen LogP contribution in [-0.4, -0.2) is 17.0 Å². The largest absolute Gasteiger partial charge is 0.481 e. The van der Waals surface area contributed by atoms with E-state index in [-0.39, 0.29) is 11.9 Å². The number of carbonyl (C=O) groups is 2. The molecule has 4 unspecified atom stereocenters. The first-order chi connectivity index (χ1) is 9.52. The van der Waals surface area contributed by atoms with Crippen molar-refractivity contribution in [3.05, 3.63) is 22.4 Å². The predicted molar refractivity (Wildman–Crippen MR) is 78.5 cm³/mol. The summed E-state index contributed by atoms with van der Waals surface area (Å²) >= 11 is 1.62. The third-order valence-electron chi connectivity index (χ3n) is 4.06. The van der Waals surface area contributed by atoms with Crippen molar-refractivity contribution in [3.8, 4) is 0 Å². The van der Waals surface area contributed by atoms with Gasteiger partial charge < -0.3 is 10.4 Å². The van der Waals surface area contributed by atoms with Gasteiger partial charge in [0.05, 0.1) is 17.9 Å². The number of amides is 1. The van der Waals surface area contributed by atoms with Gasteiger partial charge in [0.25, 0.3) is 0 Å². The van der Waals surface area contributed by atoms with Gasteiger partial charge in [0.1, 0.15) is 0 Å². The Hall–Kier alpha value is -1.36. The summed E-state index contributed by atoms with van der Waals surface area (Å²) in [5, 5.41) is 14.3. The molecule has 0 spiro atoms. The van der Waals surface area contributed by atoms with E-state index in [1.54, 1.807) is 11.3 Å². The second-order valence-electron chi connectivity index (χ2n) is 5.61. The fraction of sp³-hybridized carbons (Fsp3) is 0.600. The molecule has 0 aliphatic heterocycles. The van der Waals surface area contributed by atoms with Crippen LogP contribution in [0, 0.1) is 17.8 Å². The molecular weight excluding hydrogens is 274 g/mol. The van der Waals surface area contributed by atoms with E-state index >= 15 is 0 Å². The molecule has 1 heterocycles. The topological polar surface area (TPSA) is 66.4 Å². The van der Waals surface area contributed by atoms with Crippen LogP contribution in [0.5, 0.6) is 0 Å². The molecule has 1 aromatic rings. The van der Waals surface area contributed by atoms with Crippen molar-refractivity contribution < 1.29 is 14.7 Å². The highest BCUT2D eigenvalue weighted by Gasteiger charge is 2.41. The van der Waals surface area contributed by atoms with Crippen LogP contribution in [0.1, 0.15) is 44.0 Å². The highest BCUT2D eigenvalue weighted by Crippen LogP contribution is 2.37. The summed E-state index contributed by atoms with van der Waals surface area (Å²) in [4.78, 5) is 24.8. The van der Waals surface area contributed by atoms with E-state index < -0.39 is 17.8 Å². The van der Waals surface area contributed by atoms with E-state index in [4.69, 9.17) is 0 Å². The van der Waals surface area contributed by atoms with Gasteiger partial charge in [-0.15, -0.1) is 11.3 Å². The van der Waals surface area contributed by atoms with Crippen molar-refractivity contribution >= 4 is 23.2 Å². The van der Waals surface area contributed by atoms with E-state index in [0.29, 0.717) is 18.8 Å². The molecule has 1 saturated carbocycles.